The Morgan fingerprint density at radius 3 is 2.44 bits per heavy atom. The van der Waals surface area contributed by atoms with E-state index in [4.69, 9.17) is 4.74 Å². The van der Waals surface area contributed by atoms with Crippen molar-refractivity contribution < 1.29 is 4.74 Å². The van der Waals surface area contributed by atoms with Gasteiger partial charge in [-0.3, -0.25) is 0 Å². The number of thioether (sulfide) groups is 1. The van der Waals surface area contributed by atoms with Gasteiger partial charge in [0.2, 0.25) is 0 Å². The van der Waals surface area contributed by atoms with Gasteiger partial charge in [-0.1, -0.05) is 12.1 Å². The summed E-state index contributed by atoms with van der Waals surface area (Å²) in [7, 11) is 2.00. The van der Waals surface area contributed by atoms with E-state index in [0.717, 1.165) is 26.2 Å². The van der Waals surface area contributed by atoms with Crippen LogP contribution in [0.15, 0.2) is 29.2 Å². The molecule has 1 aromatic carbocycles. The van der Waals surface area contributed by atoms with E-state index in [2.05, 4.69) is 35.8 Å². The minimum atomic E-state index is 0.264. The highest BCUT2D eigenvalue weighted by molar-refractivity contribution is 7.98. The van der Waals surface area contributed by atoms with Crippen molar-refractivity contribution in [2.24, 2.45) is 0 Å². The number of hydrogen-bond acceptors (Lipinski definition) is 3. The van der Waals surface area contributed by atoms with Crippen LogP contribution in [0.5, 0.6) is 0 Å². The van der Waals surface area contributed by atoms with E-state index in [1.54, 1.807) is 11.8 Å². The van der Waals surface area contributed by atoms with E-state index in [1.807, 2.05) is 7.05 Å². The summed E-state index contributed by atoms with van der Waals surface area (Å²) in [5.41, 5.74) is 1.69. The van der Waals surface area contributed by atoms with Gasteiger partial charge in [0.15, 0.2) is 0 Å². The second kappa shape index (κ2) is 5.21. The van der Waals surface area contributed by atoms with Gasteiger partial charge >= 0.3 is 0 Å². The van der Waals surface area contributed by atoms with E-state index < -0.39 is 0 Å². The minimum absolute atomic E-state index is 0.264. The summed E-state index contributed by atoms with van der Waals surface area (Å²) < 4.78 is 5.41. The van der Waals surface area contributed by atoms with Gasteiger partial charge in [-0.25, -0.2) is 0 Å². The van der Waals surface area contributed by atoms with Crippen LogP contribution >= 0.6 is 11.8 Å². The molecular formula is C13H19NOS. The maximum absolute atomic E-state index is 5.41. The Hall–Kier alpha value is -0.510. The molecule has 0 bridgehead atoms. The largest absolute Gasteiger partial charge is 0.379 e. The van der Waals surface area contributed by atoms with Crippen molar-refractivity contribution in [2.45, 2.75) is 16.7 Å². The van der Waals surface area contributed by atoms with Gasteiger partial charge in [-0.2, -0.15) is 0 Å². The van der Waals surface area contributed by atoms with Gasteiger partial charge < -0.3 is 10.1 Å². The molecule has 0 spiro atoms. The molecule has 0 radical (unpaired) electrons. The Labute approximate surface area is 102 Å². The van der Waals surface area contributed by atoms with Crippen molar-refractivity contribution in [3.8, 4) is 0 Å². The number of rotatable bonds is 5. The standard InChI is InChI=1S/C13H19NOS/c1-14-8-7-13(9-15-10-13)11-3-5-12(16-2)6-4-11/h3-6,14H,7-10H2,1-2H3. The van der Waals surface area contributed by atoms with E-state index >= 15 is 0 Å². The monoisotopic (exact) mass is 237 g/mol. The molecule has 0 aromatic heterocycles. The lowest BCUT2D eigenvalue weighted by atomic mass is 9.76. The maximum atomic E-state index is 5.41. The topological polar surface area (TPSA) is 21.3 Å². The Bertz CT molecular complexity index is 332. The molecule has 1 aliphatic heterocycles. The third kappa shape index (κ3) is 2.26. The highest BCUT2D eigenvalue weighted by Crippen LogP contribution is 2.36. The third-order valence-corrected chi connectivity index (χ3v) is 4.06. The van der Waals surface area contributed by atoms with Crippen molar-refractivity contribution in [3.05, 3.63) is 29.8 Å². The fraction of sp³-hybridized carbons (Fsp3) is 0.538. The summed E-state index contributed by atoms with van der Waals surface area (Å²) in [6.45, 7) is 2.79. The van der Waals surface area contributed by atoms with Crippen LogP contribution in [0.4, 0.5) is 0 Å². The molecule has 88 valence electrons. The molecule has 0 saturated carbocycles. The van der Waals surface area contributed by atoms with Crippen LogP contribution in [-0.4, -0.2) is 33.1 Å². The van der Waals surface area contributed by atoms with Crippen LogP contribution in [0.2, 0.25) is 0 Å². The van der Waals surface area contributed by atoms with E-state index in [9.17, 15) is 0 Å². The van der Waals surface area contributed by atoms with Crippen molar-refractivity contribution >= 4 is 11.8 Å². The molecule has 2 rings (SSSR count). The van der Waals surface area contributed by atoms with Crippen LogP contribution < -0.4 is 5.32 Å². The molecule has 0 amide bonds. The molecule has 1 N–H and O–H groups in total. The van der Waals surface area contributed by atoms with Crippen LogP contribution in [0.25, 0.3) is 0 Å². The number of nitrogens with one attached hydrogen (secondary N) is 1. The van der Waals surface area contributed by atoms with E-state index in [1.165, 1.54) is 10.5 Å². The average Bonchev–Trinajstić information content (AvgIpc) is 2.29. The fourth-order valence-electron chi connectivity index (χ4n) is 2.11. The van der Waals surface area contributed by atoms with Crippen molar-refractivity contribution in [1.82, 2.24) is 5.32 Å². The average molecular weight is 237 g/mol. The first-order valence-corrected chi connectivity index (χ1v) is 6.90. The van der Waals surface area contributed by atoms with E-state index in [-0.39, 0.29) is 5.41 Å². The molecule has 16 heavy (non-hydrogen) atoms. The van der Waals surface area contributed by atoms with Crippen LogP contribution in [-0.2, 0) is 10.2 Å². The molecule has 1 saturated heterocycles. The zero-order valence-corrected chi connectivity index (χ0v) is 10.8. The lowest BCUT2D eigenvalue weighted by Crippen LogP contribution is -2.48. The Morgan fingerprint density at radius 1 is 1.31 bits per heavy atom. The second-order valence-electron chi connectivity index (χ2n) is 4.36. The lowest BCUT2D eigenvalue weighted by molar-refractivity contribution is -0.0638. The van der Waals surface area contributed by atoms with Gasteiger partial charge in [0.25, 0.3) is 0 Å². The summed E-state index contributed by atoms with van der Waals surface area (Å²) >= 11 is 1.79. The predicted octanol–water partition coefficient (Wildman–Crippen LogP) is 2.29. The first kappa shape index (κ1) is 12.0. The Kier molecular flexibility index (Phi) is 3.90. The zero-order valence-electron chi connectivity index (χ0n) is 9.95. The van der Waals surface area contributed by atoms with Crippen molar-refractivity contribution in [2.75, 3.05) is 33.1 Å². The molecule has 0 unspecified atom stereocenters. The summed E-state index contributed by atoms with van der Waals surface area (Å²) in [6, 6.07) is 8.92. The summed E-state index contributed by atoms with van der Waals surface area (Å²) in [4.78, 5) is 1.33. The molecule has 2 nitrogen and oxygen atoms in total. The SMILES string of the molecule is CNCCC1(c2ccc(SC)cc2)COC1. The molecule has 1 fully saturated rings. The quantitative estimate of drug-likeness (QED) is 0.794. The van der Waals surface area contributed by atoms with E-state index in [0.29, 0.717) is 0 Å². The normalized spacial score (nSPS) is 18.1. The van der Waals surface area contributed by atoms with Gasteiger partial charge in [0.1, 0.15) is 0 Å². The smallest absolute Gasteiger partial charge is 0.0586 e. The molecule has 0 atom stereocenters. The summed E-state index contributed by atoms with van der Waals surface area (Å²) in [6.07, 6.45) is 3.26. The van der Waals surface area contributed by atoms with Crippen LogP contribution in [0.1, 0.15) is 12.0 Å². The zero-order chi connectivity index (χ0) is 11.4. The molecule has 3 heteroatoms. The first-order chi connectivity index (χ1) is 7.80. The molecule has 0 aliphatic carbocycles. The Balaban J connectivity index is 2.13. The van der Waals surface area contributed by atoms with Gasteiger partial charge in [-0.15, -0.1) is 11.8 Å². The molecule has 1 heterocycles. The van der Waals surface area contributed by atoms with Crippen LogP contribution in [0, 0.1) is 0 Å². The lowest BCUT2D eigenvalue weighted by Gasteiger charge is -2.42. The predicted molar refractivity (Wildman–Crippen MR) is 69.3 cm³/mol. The third-order valence-electron chi connectivity index (χ3n) is 3.31. The number of hydrogen-bond donors (Lipinski definition) is 1. The highest BCUT2D eigenvalue weighted by Gasteiger charge is 2.39. The fourth-order valence-corrected chi connectivity index (χ4v) is 2.52. The molecule has 1 aliphatic rings. The van der Waals surface area contributed by atoms with Gasteiger partial charge in [0.05, 0.1) is 13.2 Å². The van der Waals surface area contributed by atoms with Crippen LogP contribution in [0.3, 0.4) is 0 Å². The van der Waals surface area contributed by atoms with Crippen molar-refractivity contribution in [1.29, 1.82) is 0 Å². The number of ether oxygens (including phenoxy) is 1. The number of benzene rings is 1. The molecular weight excluding hydrogens is 218 g/mol. The second-order valence-corrected chi connectivity index (χ2v) is 5.23. The van der Waals surface area contributed by atoms with Gasteiger partial charge in [-0.05, 0) is 44.0 Å². The summed E-state index contributed by atoms with van der Waals surface area (Å²) in [5.74, 6) is 0. The van der Waals surface area contributed by atoms with Crippen molar-refractivity contribution in [3.63, 3.8) is 0 Å². The molecule has 1 aromatic rings. The minimum Gasteiger partial charge on any atom is -0.379 e. The highest BCUT2D eigenvalue weighted by atomic mass is 32.2. The Morgan fingerprint density at radius 2 is 2.00 bits per heavy atom. The first-order valence-electron chi connectivity index (χ1n) is 5.68. The maximum Gasteiger partial charge on any atom is 0.0586 e. The summed E-state index contributed by atoms with van der Waals surface area (Å²) in [5, 5.41) is 3.22. The van der Waals surface area contributed by atoms with Gasteiger partial charge in [0, 0.05) is 10.3 Å².